The Hall–Kier alpha value is -2.26. The highest BCUT2D eigenvalue weighted by molar-refractivity contribution is 6.12. The van der Waals surface area contributed by atoms with Gasteiger partial charge in [0.05, 0.1) is 24.6 Å². The monoisotopic (exact) mass is 467 g/mol. The minimum atomic E-state index is -0.948. The van der Waals surface area contributed by atoms with Gasteiger partial charge in [-0.1, -0.05) is 40.0 Å². The van der Waals surface area contributed by atoms with Gasteiger partial charge in [-0.25, -0.2) is 0 Å². The van der Waals surface area contributed by atoms with E-state index >= 15 is 0 Å². The zero-order valence-electron chi connectivity index (χ0n) is 20.7. The molecule has 1 aliphatic heterocycles. The summed E-state index contributed by atoms with van der Waals surface area (Å²) in [6.45, 7) is 7.09. The highest BCUT2D eigenvalue weighted by Crippen LogP contribution is 2.22. The van der Waals surface area contributed by atoms with Crippen LogP contribution in [0.1, 0.15) is 65.7 Å². The van der Waals surface area contributed by atoms with Crippen LogP contribution in [0.15, 0.2) is 12.2 Å². The number of carboxylic acid groups (broad SMARTS) is 1. The van der Waals surface area contributed by atoms with Crippen LogP contribution in [0.5, 0.6) is 0 Å². The average Bonchev–Trinajstić information content (AvgIpc) is 3.11. The van der Waals surface area contributed by atoms with Crippen LogP contribution in [0, 0.1) is 5.92 Å². The summed E-state index contributed by atoms with van der Waals surface area (Å²) < 4.78 is 5.47. The molecule has 0 fully saturated rings. The number of ether oxygens (including phenoxy) is 1. The largest absolute Gasteiger partial charge is 0.481 e. The van der Waals surface area contributed by atoms with Crippen molar-refractivity contribution in [2.75, 3.05) is 27.2 Å². The predicted octanol–water partition coefficient (Wildman–Crippen LogP) is 2.20. The maximum Gasteiger partial charge on any atom is 0.306 e. The van der Waals surface area contributed by atoms with Crippen LogP contribution in [0.4, 0.5) is 0 Å². The fourth-order valence-corrected chi connectivity index (χ4v) is 4.23. The first-order valence-electron chi connectivity index (χ1n) is 12.0. The molecule has 0 aliphatic carbocycles. The Morgan fingerprint density at radius 1 is 1.09 bits per heavy atom. The van der Waals surface area contributed by atoms with Crippen molar-refractivity contribution in [3.8, 4) is 0 Å². The lowest BCUT2D eigenvalue weighted by Crippen LogP contribution is -2.55. The van der Waals surface area contributed by atoms with Crippen molar-refractivity contribution in [3.63, 3.8) is 0 Å². The molecule has 0 bridgehead atoms. The second-order valence-electron chi connectivity index (χ2n) is 8.69. The summed E-state index contributed by atoms with van der Waals surface area (Å²) in [5.74, 6) is -1.41. The fourth-order valence-electron chi connectivity index (χ4n) is 4.23. The molecule has 1 heterocycles. The molecule has 1 unspecified atom stereocenters. The van der Waals surface area contributed by atoms with E-state index in [9.17, 15) is 24.3 Å². The van der Waals surface area contributed by atoms with Crippen LogP contribution >= 0.6 is 0 Å². The van der Waals surface area contributed by atoms with E-state index in [-0.39, 0.29) is 42.1 Å². The van der Waals surface area contributed by atoms with Crippen LogP contribution in [0.25, 0.3) is 0 Å². The zero-order valence-corrected chi connectivity index (χ0v) is 20.7. The lowest BCUT2D eigenvalue weighted by atomic mass is 9.90. The number of hydrogen-bond donors (Lipinski definition) is 2. The first-order chi connectivity index (χ1) is 15.7. The van der Waals surface area contributed by atoms with Crippen LogP contribution in [-0.2, 0) is 23.9 Å². The minimum Gasteiger partial charge on any atom is -0.481 e. The second kappa shape index (κ2) is 14.8. The molecule has 33 heavy (non-hydrogen) atoms. The van der Waals surface area contributed by atoms with E-state index in [2.05, 4.69) is 5.32 Å². The summed E-state index contributed by atoms with van der Waals surface area (Å²) in [4.78, 5) is 50.5. The molecule has 4 atom stereocenters. The number of hydrogen-bond acceptors (Lipinski definition) is 6. The molecule has 0 aromatic carbocycles. The van der Waals surface area contributed by atoms with E-state index in [4.69, 9.17) is 4.74 Å². The third-order valence-corrected chi connectivity index (χ3v) is 6.39. The number of nitrogens with one attached hydrogen (secondary N) is 1. The number of imide groups is 1. The number of carbonyl (C=O) groups excluding carboxylic acids is 3. The second-order valence-corrected chi connectivity index (χ2v) is 8.69. The van der Waals surface area contributed by atoms with Gasteiger partial charge in [-0.05, 0) is 31.7 Å². The lowest BCUT2D eigenvalue weighted by molar-refractivity contribution is -0.146. The maximum absolute atomic E-state index is 13.2. The first kappa shape index (κ1) is 28.8. The molecule has 0 aromatic heterocycles. The van der Waals surface area contributed by atoms with Crippen molar-refractivity contribution in [2.45, 2.75) is 83.9 Å². The molecule has 9 nitrogen and oxygen atoms in total. The number of carbonyl (C=O) groups is 4. The van der Waals surface area contributed by atoms with Crippen LogP contribution in [0.2, 0.25) is 0 Å². The maximum atomic E-state index is 13.2. The SMILES string of the molecule is CC[C@H](NCCCCCCN1C(=O)C=CC1=O)C(=O)N(C)[C@H](C(CC(=O)O)OC)[C@@H](C)CC. The first-order valence-corrected chi connectivity index (χ1v) is 12.0. The summed E-state index contributed by atoms with van der Waals surface area (Å²) in [6, 6.07) is -0.681. The van der Waals surface area contributed by atoms with E-state index in [0.717, 1.165) is 32.1 Å². The molecule has 0 saturated carbocycles. The van der Waals surface area contributed by atoms with Gasteiger partial charge in [-0.15, -0.1) is 0 Å². The molecule has 0 saturated heterocycles. The minimum absolute atomic E-state index is 0.0613. The van der Waals surface area contributed by atoms with Crippen molar-refractivity contribution in [3.05, 3.63) is 12.2 Å². The topological polar surface area (TPSA) is 116 Å². The molecular formula is C24H41N3O6. The Balaban J connectivity index is 2.50. The van der Waals surface area contributed by atoms with E-state index in [1.54, 1.807) is 11.9 Å². The standard InChI is InChI=1S/C24H41N3O6/c1-6-17(3)23(19(33-5)16-22(30)31)26(4)24(32)18(7-2)25-14-10-8-9-11-15-27-20(28)12-13-21(27)29/h12-13,17-19,23,25H,6-11,14-16H2,1-5H3,(H,30,31)/t17-,18-,19?,23-/m0/s1. The molecule has 9 heteroatoms. The molecule has 0 spiro atoms. The normalized spacial score (nSPS) is 17.2. The molecule has 0 aromatic rings. The van der Waals surface area contributed by atoms with Gasteiger partial charge in [0.25, 0.3) is 11.8 Å². The van der Waals surface area contributed by atoms with Crippen molar-refractivity contribution in [2.24, 2.45) is 5.92 Å². The number of aliphatic carboxylic acids is 1. The quantitative estimate of drug-likeness (QED) is 0.249. The Kier molecular flexibility index (Phi) is 12.9. The Bertz CT molecular complexity index is 678. The van der Waals surface area contributed by atoms with Crippen molar-refractivity contribution >= 4 is 23.7 Å². The predicted molar refractivity (Wildman–Crippen MR) is 125 cm³/mol. The molecular weight excluding hydrogens is 426 g/mol. The summed E-state index contributed by atoms with van der Waals surface area (Å²) in [7, 11) is 3.22. The smallest absolute Gasteiger partial charge is 0.306 e. The van der Waals surface area contributed by atoms with Gasteiger partial charge in [0.15, 0.2) is 0 Å². The highest BCUT2D eigenvalue weighted by Gasteiger charge is 2.35. The van der Waals surface area contributed by atoms with Crippen molar-refractivity contribution in [1.82, 2.24) is 15.1 Å². The Morgan fingerprint density at radius 2 is 1.70 bits per heavy atom. The molecule has 188 valence electrons. The Labute approximate surface area is 197 Å². The number of methoxy groups -OCH3 is 1. The third-order valence-electron chi connectivity index (χ3n) is 6.39. The van der Waals surface area contributed by atoms with Gasteiger partial charge >= 0.3 is 5.97 Å². The highest BCUT2D eigenvalue weighted by atomic mass is 16.5. The van der Waals surface area contributed by atoms with Crippen molar-refractivity contribution in [1.29, 1.82) is 0 Å². The zero-order chi connectivity index (χ0) is 25.0. The molecule has 3 amide bonds. The number of likely N-dealkylation sites (N-methyl/N-ethyl adjacent to an activating group) is 1. The van der Waals surface area contributed by atoms with E-state index in [1.807, 2.05) is 20.8 Å². The van der Waals surface area contributed by atoms with E-state index in [1.165, 1.54) is 24.2 Å². The lowest BCUT2D eigenvalue weighted by Gasteiger charge is -2.38. The van der Waals surface area contributed by atoms with Gasteiger partial charge in [0.1, 0.15) is 0 Å². The summed E-state index contributed by atoms with van der Waals surface area (Å²) >= 11 is 0. The molecule has 1 rings (SSSR count). The van der Waals surface area contributed by atoms with Gasteiger partial charge < -0.3 is 20.1 Å². The number of unbranched alkanes of at least 4 members (excludes halogenated alkanes) is 3. The molecule has 1 aliphatic rings. The van der Waals surface area contributed by atoms with Crippen molar-refractivity contribution < 1.29 is 29.0 Å². The van der Waals surface area contributed by atoms with Crippen LogP contribution in [0.3, 0.4) is 0 Å². The fraction of sp³-hybridized carbons (Fsp3) is 0.750. The van der Waals surface area contributed by atoms with E-state index in [0.29, 0.717) is 19.5 Å². The molecule has 2 N–H and O–H groups in total. The van der Waals surface area contributed by atoms with Gasteiger partial charge in [0, 0.05) is 32.9 Å². The third kappa shape index (κ3) is 8.89. The molecule has 0 radical (unpaired) electrons. The number of nitrogens with zero attached hydrogens (tertiary/aromatic N) is 2. The number of carboxylic acids is 1. The number of rotatable bonds is 17. The number of amides is 3. The van der Waals surface area contributed by atoms with Gasteiger partial charge in [0.2, 0.25) is 5.91 Å². The summed E-state index contributed by atoms with van der Waals surface area (Å²) in [5, 5.41) is 12.6. The van der Waals surface area contributed by atoms with E-state index < -0.39 is 12.1 Å². The summed E-state index contributed by atoms with van der Waals surface area (Å²) in [6.07, 6.45) is 6.75. The van der Waals surface area contributed by atoms with Gasteiger partial charge in [-0.3, -0.25) is 24.1 Å². The van der Waals surface area contributed by atoms with Crippen LogP contribution in [-0.4, -0.2) is 84.0 Å². The Morgan fingerprint density at radius 3 is 2.21 bits per heavy atom. The summed E-state index contributed by atoms with van der Waals surface area (Å²) in [5.41, 5.74) is 0. The van der Waals surface area contributed by atoms with Crippen LogP contribution < -0.4 is 5.32 Å². The average molecular weight is 468 g/mol. The van der Waals surface area contributed by atoms with Gasteiger partial charge in [-0.2, -0.15) is 0 Å².